The summed E-state index contributed by atoms with van der Waals surface area (Å²) in [6.45, 7) is 3.51. The lowest BCUT2D eigenvalue weighted by Crippen LogP contribution is -2.51. The highest BCUT2D eigenvalue weighted by atomic mass is 32.2. The van der Waals surface area contributed by atoms with E-state index in [4.69, 9.17) is 9.84 Å². The molecule has 126 valence electrons. The third-order valence-electron chi connectivity index (χ3n) is 3.66. The number of rotatable bonds is 4. The van der Waals surface area contributed by atoms with Crippen LogP contribution in [0.25, 0.3) is 0 Å². The molecule has 0 aliphatic carbocycles. The number of hydrogen-bond donors (Lipinski definition) is 1. The molecule has 1 heterocycles. The maximum Gasteiger partial charge on any atom is 0.334 e. The molecule has 1 N–H and O–H groups in total. The monoisotopic (exact) mass is 341 g/mol. The Bertz CT molecular complexity index is 697. The number of carboxylic acid groups (broad SMARTS) is 1. The molecule has 2 rings (SSSR count). The molecule has 0 bridgehead atoms. The van der Waals surface area contributed by atoms with Crippen molar-refractivity contribution in [1.82, 2.24) is 4.90 Å². The van der Waals surface area contributed by atoms with Crippen LogP contribution >= 0.6 is 0 Å². The molecule has 0 aromatic heterocycles. The first-order chi connectivity index (χ1) is 10.7. The van der Waals surface area contributed by atoms with Gasteiger partial charge in [-0.2, -0.15) is 0 Å². The van der Waals surface area contributed by atoms with Crippen molar-refractivity contribution in [2.24, 2.45) is 0 Å². The van der Waals surface area contributed by atoms with Gasteiger partial charge in [0.05, 0.1) is 23.3 Å². The van der Waals surface area contributed by atoms with Gasteiger partial charge < -0.3 is 14.7 Å². The van der Waals surface area contributed by atoms with Gasteiger partial charge in [0.1, 0.15) is 0 Å². The predicted octanol–water partition coefficient (Wildman–Crippen LogP) is 0.794. The molecule has 1 aliphatic rings. The van der Waals surface area contributed by atoms with Gasteiger partial charge in [-0.1, -0.05) is 6.92 Å². The molecule has 1 saturated heterocycles. The molecule has 1 aromatic carbocycles. The highest BCUT2D eigenvalue weighted by Crippen LogP contribution is 2.17. The number of carbonyl (C=O) groups is 2. The van der Waals surface area contributed by atoms with Crippen LogP contribution in [0.2, 0.25) is 0 Å². The SMILES string of the molecule is CCS(=O)(=O)c1ccc(C(=O)N2CC(C(=O)O)O[C@H](C)C2)cc1. The molecule has 0 spiro atoms. The Labute approximate surface area is 134 Å². The van der Waals surface area contributed by atoms with E-state index in [1.807, 2.05) is 0 Å². The summed E-state index contributed by atoms with van der Waals surface area (Å²) in [6, 6.07) is 5.68. The lowest BCUT2D eigenvalue weighted by Gasteiger charge is -2.35. The molecule has 1 aliphatic heterocycles. The Morgan fingerprint density at radius 3 is 2.39 bits per heavy atom. The Kier molecular flexibility index (Phi) is 5.06. The summed E-state index contributed by atoms with van der Waals surface area (Å²) in [5, 5.41) is 9.05. The molecule has 1 amide bonds. The fourth-order valence-electron chi connectivity index (χ4n) is 2.41. The van der Waals surface area contributed by atoms with Gasteiger partial charge >= 0.3 is 5.97 Å². The largest absolute Gasteiger partial charge is 0.479 e. The first-order valence-electron chi connectivity index (χ1n) is 7.25. The average molecular weight is 341 g/mol. The number of hydrogen-bond acceptors (Lipinski definition) is 5. The summed E-state index contributed by atoms with van der Waals surface area (Å²) in [5.74, 6) is -1.47. The maximum absolute atomic E-state index is 12.5. The zero-order valence-electron chi connectivity index (χ0n) is 12.9. The van der Waals surface area contributed by atoms with E-state index in [1.54, 1.807) is 13.8 Å². The summed E-state index contributed by atoms with van der Waals surface area (Å²) in [5.41, 5.74) is 0.318. The van der Waals surface area contributed by atoms with Crippen molar-refractivity contribution in [3.05, 3.63) is 29.8 Å². The van der Waals surface area contributed by atoms with Gasteiger partial charge in [-0.3, -0.25) is 4.79 Å². The minimum atomic E-state index is -3.32. The summed E-state index contributed by atoms with van der Waals surface area (Å²) < 4.78 is 28.8. The van der Waals surface area contributed by atoms with Crippen LogP contribution in [0.1, 0.15) is 24.2 Å². The second-order valence-electron chi connectivity index (χ2n) is 5.41. The van der Waals surface area contributed by atoms with E-state index < -0.39 is 21.9 Å². The summed E-state index contributed by atoms with van der Waals surface area (Å²) in [7, 11) is -3.32. The number of benzene rings is 1. The molecular formula is C15H19NO6S. The molecule has 1 unspecified atom stereocenters. The number of carbonyl (C=O) groups excluding carboxylic acids is 1. The molecule has 0 saturated carbocycles. The molecule has 1 fully saturated rings. The van der Waals surface area contributed by atoms with Crippen LogP contribution in [0, 0.1) is 0 Å². The van der Waals surface area contributed by atoms with E-state index in [1.165, 1.54) is 29.2 Å². The predicted molar refractivity (Wildman–Crippen MR) is 82.0 cm³/mol. The first kappa shape index (κ1) is 17.4. The normalized spacial score (nSPS) is 21.9. The Morgan fingerprint density at radius 2 is 1.87 bits per heavy atom. The fraction of sp³-hybridized carbons (Fsp3) is 0.467. The lowest BCUT2D eigenvalue weighted by atomic mass is 10.1. The van der Waals surface area contributed by atoms with Crippen LogP contribution in [0.3, 0.4) is 0 Å². The smallest absolute Gasteiger partial charge is 0.334 e. The van der Waals surface area contributed by atoms with Crippen LogP contribution in [-0.2, 0) is 19.4 Å². The molecule has 1 aromatic rings. The number of nitrogens with zero attached hydrogens (tertiary/aromatic N) is 1. The van der Waals surface area contributed by atoms with Gasteiger partial charge in [0.15, 0.2) is 15.9 Å². The minimum absolute atomic E-state index is 0.0123. The van der Waals surface area contributed by atoms with E-state index in [2.05, 4.69) is 0 Å². The summed E-state index contributed by atoms with van der Waals surface area (Å²) in [4.78, 5) is 25.1. The third-order valence-corrected chi connectivity index (χ3v) is 5.41. The van der Waals surface area contributed by atoms with E-state index in [0.717, 1.165) is 0 Å². The zero-order chi connectivity index (χ0) is 17.2. The van der Waals surface area contributed by atoms with Crippen molar-refractivity contribution in [1.29, 1.82) is 0 Å². The molecule has 8 heteroatoms. The number of carboxylic acids is 1. The van der Waals surface area contributed by atoms with Crippen molar-refractivity contribution in [2.45, 2.75) is 31.0 Å². The van der Waals surface area contributed by atoms with Gasteiger partial charge in [0, 0.05) is 12.1 Å². The zero-order valence-corrected chi connectivity index (χ0v) is 13.7. The number of aliphatic carboxylic acids is 1. The lowest BCUT2D eigenvalue weighted by molar-refractivity contribution is -0.160. The quantitative estimate of drug-likeness (QED) is 0.869. The van der Waals surface area contributed by atoms with Crippen molar-refractivity contribution >= 4 is 21.7 Å². The van der Waals surface area contributed by atoms with E-state index in [9.17, 15) is 18.0 Å². The number of sulfone groups is 1. The Balaban J connectivity index is 2.18. The van der Waals surface area contributed by atoms with Gasteiger partial charge in [-0.15, -0.1) is 0 Å². The third kappa shape index (κ3) is 3.89. The first-order valence-corrected chi connectivity index (χ1v) is 8.90. The standard InChI is InChI=1S/C15H19NO6S/c1-3-23(20,21)12-6-4-11(5-7-12)14(17)16-8-10(2)22-13(9-16)15(18)19/h4-7,10,13H,3,8-9H2,1-2H3,(H,18,19)/t10-,13?/m1/s1. The number of amides is 1. The van der Waals surface area contributed by atoms with Gasteiger partial charge in [0.2, 0.25) is 0 Å². The van der Waals surface area contributed by atoms with E-state index in [-0.39, 0.29) is 35.7 Å². The van der Waals surface area contributed by atoms with Crippen LogP contribution in [0.5, 0.6) is 0 Å². The molecule has 0 radical (unpaired) electrons. The second kappa shape index (κ2) is 6.67. The van der Waals surface area contributed by atoms with E-state index >= 15 is 0 Å². The van der Waals surface area contributed by atoms with Crippen LogP contribution in [0.15, 0.2) is 29.2 Å². The highest BCUT2D eigenvalue weighted by Gasteiger charge is 2.33. The van der Waals surface area contributed by atoms with Gasteiger partial charge in [-0.25, -0.2) is 13.2 Å². The van der Waals surface area contributed by atoms with E-state index in [0.29, 0.717) is 5.56 Å². The number of morpholine rings is 1. The van der Waals surface area contributed by atoms with Crippen LogP contribution in [0.4, 0.5) is 0 Å². The van der Waals surface area contributed by atoms with Gasteiger partial charge in [0.25, 0.3) is 5.91 Å². The maximum atomic E-state index is 12.5. The highest BCUT2D eigenvalue weighted by molar-refractivity contribution is 7.91. The van der Waals surface area contributed by atoms with Gasteiger partial charge in [-0.05, 0) is 31.2 Å². The molecule has 23 heavy (non-hydrogen) atoms. The molecule has 2 atom stereocenters. The average Bonchev–Trinajstić information content (AvgIpc) is 2.53. The van der Waals surface area contributed by atoms with Crippen molar-refractivity contribution in [3.8, 4) is 0 Å². The van der Waals surface area contributed by atoms with Crippen molar-refractivity contribution in [3.63, 3.8) is 0 Å². The number of ether oxygens (including phenoxy) is 1. The summed E-state index contributed by atoms with van der Waals surface area (Å²) >= 11 is 0. The second-order valence-corrected chi connectivity index (χ2v) is 7.69. The van der Waals surface area contributed by atoms with Crippen LogP contribution < -0.4 is 0 Å². The topological polar surface area (TPSA) is 101 Å². The van der Waals surface area contributed by atoms with Crippen molar-refractivity contribution < 1.29 is 27.9 Å². The minimum Gasteiger partial charge on any atom is -0.479 e. The van der Waals surface area contributed by atoms with Crippen molar-refractivity contribution in [2.75, 3.05) is 18.8 Å². The van der Waals surface area contributed by atoms with Crippen LogP contribution in [-0.4, -0.2) is 61.4 Å². The Hall–Kier alpha value is -1.93. The Morgan fingerprint density at radius 1 is 1.26 bits per heavy atom. The summed E-state index contributed by atoms with van der Waals surface area (Å²) in [6.07, 6.45) is -1.43. The fourth-order valence-corrected chi connectivity index (χ4v) is 3.29. The molecular weight excluding hydrogens is 322 g/mol. The molecule has 7 nitrogen and oxygen atoms in total.